The van der Waals surface area contributed by atoms with Crippen molar-refractivity contribution in [2.75, 3.05) is 5.73 Å². The Bertz CT molecular complexity index is 498. The van der Waals surface area contributed by atoms with Gasteiger partial charge in [-0.15, -0.1) is 0 Å². The molecule has 2 rings (SSSR count). The van der Waals surface area contributed by atoms with Gasteiger partial charge in [0, 0.05) is 11.8 Å². The van der Waals surface area contributed by atoms with Crippen molar-refractivity contribution in [2.45, 2.75) is 19.8 Å². The van der Waals surface area contributed by atoms with Gasteiger partial charge in [-0.3, -0.25) is 0 Å². The Balaban J connectivity index is 2.57. The zero-order chi connectivity index (χ0) is 10.8. The average Bonchev–Trinajstić information content (AvgIpc) is 2.63. The van der Waals surface area contributed by atoms with Crippen molar-refractivity contribution in [3.63, 3.8) is 0 Å². The molecular weight excluding hydrogens is 188 g/mol. The minimum absolute atomic E-state index is 0.508. The number of nitrogens with two attached hydrogens (primary N) is 1. The van der Waals surface area contributed by atoms with Gasteiger partial charge in [-0.2, -0.15) is 0 Å². The number of hydrogen-bond donors (Lipinski definition) is 2. The quantitative estimate of drug-likeness (QED) is 0.802. The summed E-state index contributed by atoms with van der Waals surface area (Å²) < 4.78 is 0. The molecule has 0 aliphatic heterocycles. The number of nitrogens with one attached hydrogen (secondary N) is 1. The third-order valence-electron chi connectivity index (χ3n) is 2.43. The first-order chi connectivity index (χ1) is 7.24. The van der Waals surface area contributed by atoms with Crippen molar-refractivity contribution in [1.82, 2.24) is 15.0 Å². The number of rotatable bonds is 3. The third-order valence-corrected chi connectivity index (χ3v) is 2.43. The van der Waals surface area contributed by atoms with E-state index in [-0.39, 0.29) is 0 Å². The van der Waals surface area contributed by atoms with E-state index in [4.69, 9.17) is 5.73 Å². The molecule has 0 aliphatic rings. The summed E-state index contributed by atoms with van der Waals surface area (Å²) in [5, 5.41) is 0.885. The minimum Gasteiger partial charge on any atom is -0.383 e. The van der Waals surface area contributed by atoms with Gasteiger partial charge in [-0.05, 0) is 12.0 Å². The van der Waals surface area contributed by atoms with Crippen LogP contribution in [0.4, 0.5) is 5.82 Å². The van der Waals surface area contributed by atoms with E-state index in [1.165, 1.54) is 6.33 Å². The highest BCUT2D eigenvalue weighted by atomic mass is 15.0. The fraction of sp³-hybridized carbons (Fsp3) is 0.273. The molecule has 2 aromatic rings. The van der Waals surface area contributed by atoms with Gasteiger partial charge in [-0.1, -0.05) is 19.9 Å². The van der Waals surface area contributed by atoms with Crippen molar-refractivity contribution < 1.29 is 0 Å². The van der Waals surface area contributed by atoms with E-state index in [0.29, 0.717) is 5.82 Å². The molecule has 3 N–H and O–H groups in total. The average molecular weight is 202 g/mol. The van der Waals surface area contributed by atoms with Gasteiger partial charge in [0.05, 0.1) is 5.39 Å². The summed E-state index contributed by atoms with van der Waals surface area (Å²) in [4.78, 5) is 11.2. The number of nitrogen functional groups attached to an aromatic ring is 1. The van der Waals surface area contributed by atoms with Crippen LogP contribution in [0.3, 0.4) is 0 Å². The first-order valence-corrected chi connectivity index (χ1v) is 4.99. The lowest BCUT2D eigenvalue weighted by Crippen LogP contribution is -1.93. The van der Waals surface area contributed by atoms with Crippen LogP contribution in [-0.2, 0) is 0 Å². The van der Waals surface area contributed by atoms with Crippen LogP contribution in [0, 0.1) is 0 Å². The molecule has 0 fully saturated rings. The maximum absolute atomic E-state index is 5.82. The predicted octanol–water partition coefficient (Wildman–Crippen LogP) is 2.35. The first kappa shape index (κ1) is 9.71. The SMILES string of the molecule is C=C(CCC)c1c[nH]c2ncnc(N)c12. The van der Waals surface area contributed by atoms with Gasteiger partial charge in [-0.25, -0.2) is 9.97 Å². The van der Waals surface area contributed by atoms with Crippen LogP contribution < -0.4 is 5.73 Å². The lowest BCUT2D eigenvalue weighted by Gasteiger charge is -2.02. The Hall–Kier alpha value is -1.84. The van der Waals surface area contributed by atoms with Gasteiger partial charge in [0.2, 0.25) is 0 Å². The molecule has 0 saturated heterocycles. The molecule has 4 nitrogen and oxygen atoms in total. The number of aromatic nitrogens is 3. The number of fused-ring (bicyclic) bond motifs is 1. The summed E-state index contributed by atoms with van der Waals surface area (Å²) in [6, 6.07) is 0. The summed E-state index contributed by atoms with van der Waals surface area (Å²) in [5.74, 6) is 0.508. The second-order valence-corrected chi connectivity index (χ2v) is 3.54. The van der Waals surface area contributed by atoms with Gasteiger partial charge in [0.25, 0.3) is 0 Å². The molecule has 0 spiro atoms. The number of nitrogens with zero attached hydrogens (tertiary/aromatic N) is 2. The number of allylic oxidation sites excluding steroid dienone is 1. The molecule has 15 heavy (non-hydrogen) atoms. The van der Waals surface area contributed by atoms with Crippen molar-refractivity contribution in [1.29, 1.82) is 0 Å². The summed E-state index contributed by atoms with van der Waals surface area (Å²) in [6.07, 6.45) is 5.38. The molecule has 0 aliphatic carbocycles. The Morgan fingerprint density at radius 1 is 1.53 bits per heavy atom. The van der Waals surface area contributed by atoms with E-state index in [1.807, 2.05) is 6.20 Å². The van der Waals surface area contributed by atoms with Crippen LogP contribution in [0.5, 0.6) is 0 Å². The monoisotopic (exact) mass is 202 g/mol. The Labute approximate surface area is 88.2 Å². The Morgan fingerprint density at radius 2 is 2.33 bits per heavy atom. The summed E-state index contributed by atoms with van der Waals surface area (Å²) in [5.41, 5.74) is 8.70. The van der Waals surface area contributed by atoms with Gasteiger partial charge >= 0.3 is 0 Å². The van der Waals surface area contributed by atoms with E-state index in [0.717, 1.165) is 35.0 Å². The zero-order valence-corrected chi connectivity index (χ0v) is 8.75. The third kappa shape index (κ3) is 1.58. The second-order valence-electron chi connectivity index (χ2n) is 3.54. The fourth-order valence-electron chi connectivity index (χ4n) is 1.70. The molecular formula is C11H14N4. The number of hydrogen-bond acceptors (Lipinski definition) is 3. The molecule has 0 bridgehead atoms. The van der Waals surface area contributed by atoms with E-state index < -0.39 is 0 Å². The fourth-order valence-corrected chi connectivity index (χ4v) is 1.70. The van der Waals surface area contributed by atoms with Crippen molar-refractivity contribution in [3.05, 3.63) is 24.7 Å². The molecule has 0 amide bonds. The lowest BCUT2D eigenvalue weighted by molar-refractivity contribution is 0.976. The van der Waals surface area contributed by atoms with Crippen LogP contribution >= 0.6 is 0 Å². The normalized spacial score (nSPS) is 10.7. The lowest BCUT2D eigenvalue weighted by atomic mass is 10.0. The molecule has 78 valence electrons. The minimum atomic E-state index is 0.508. The molecule has 0 aromatic carbocycles. The maximum Gasteiger partial charge on any atom is 0.143 e. The van der Waals surface area contributed by atoms with Crippen LogP contribution in [-0.4, -0.2) is 15.0 Å². The maximum atomic E-state index is 5.82. The number of aromatic amines is 1. The van der Waals surface area contributed by atoms with Gasteiger partial charge in [0.15, 0.2) is 0 Å². The van der Waals surface area contributed by atoms with Crippen molar-refractivity contribution in [2.24, 2.45) is 0 Å². The van der Waals surface area contributed by atoms with E-state index in [9.17, 15) is 0 Å². The molecule has 0 atom stereocenters. The van der Waals surface area contributed by atoms with E-state index >= 15 is 0 Å². The largest absolute Gasteiger partial charge is 0.383 e. The molecule has 0 radical (unpaired) electrons. The number of H-pyrrole nitrogens is 1. The van der Waals surface area contributed by atoms with Crippen molar-refractivity contribution >= 4 is 22.4 Å². The highest BCUT2D eigenvalue weighted by Crippen LogP contribution is 2.28. The van der Waals surface area contributed by atoms with Crippen LogP contribution in [0.25, 0.3) is 16.6 Å². The number of anilines is 1. The van der Waals surface area contributed by atoms with Gasteiger partial charge < -0.3 is 10.7 Å². The van der Waals surface area contributed by atoms with Gasteiger partial charge in [0.1, 0.15) is 17.8 Å². The smallest absolute Gasteiger partial charge is 0.143 e. The molecule has 0 unspecified atom stereocenters. The van der Waals surface area contributed by atoms with E-state index in [2.05, 4.69) is 28.5 Å². The molecule has 0 saturated carbocycles. The second kappa shape index (κ2) is 3.73. The summed E-state index contributed by atoms with van der Waals surface area (Å²) in [7, 11) is 0. The summed E-state index contributed by atoms with van der Waals surface area (Å²) in [6.45, 7) is 6.17. The standard InChI is InChI=1S/C11H14N4/c1-3-4-7(2)8-5-13-11-9(8)10(12)14-6-15-11/h5-6H,2-4H2,1H3,(H3,12,13,14,15). The first-order valence-electron chi connectivity index (χ1n) is 4.99. The highest BCUT2D eigenvalue weighted by molar-refractivity contribution is 5.96. The molecule has 2 heterocycles. The van der Waals surface area contributed by atoms with Crippen LogP contribution in [0.15, 0.2) is 19.1 Å². The Kier molecular flexibility index (Phi) is 2.41. The summed E-state index contributed by atoms with van der Waals surface area (Å²) >= 11 is 0. The Morgan fingerprint density at radius 3 is 3.07 bits per heavy atom. The molecule has 4 heteroatoms. The van der Waals surface area contributed by atoms with Crippen LogP contribution in [0.2, 0.25) is 0 Å². The molecule has 2 aromatic heterocycles. The predicted molar refractivity (Wildman–Crippen MR) is 62.2 cm³/mol. The zero-order valence-electron chi connectivity index (χ0n) is 8.75. The van der Waals surface area contributed by atoms with Crippen molar-refractivity contribution in [3.8, 4) is 0 Å². The topological polar surface area (TPSA) is 67.6 Å². The highest BCUT2D eigenvalue weighted by Gasteiger charge is 2.10. The van der Waals surface area contributed by atoms with E-state index in [1.54, 1.807) is 0 Å². The van der Waals surface area contributed by atoms with Crippen LogP contribution in [0.1, 0.15) is 25.3 Å².